The normalized spacial score (nSPS) is 15.7. The predicted octanol–water partition coefficient (Wildman–Crippen LogP) is 4.90. The van der Waals surface area contributed by atoms with Gasteiger partial charge in [-0.05, 0) is 42.8 Å². The molecule has 0 spiro atoms. The van der Waals surface area contributed by atoms with Crippen molar-refractivity contribution in [2.24, 2.45) is 0 Å². The minimum atomic E-state index is -0.632. The van der Waals surface area contributed by atoms with Crippen molar-refractivity contribution in [3.63, 3.8) is 0 Å². The quantitative estimate of drug-likeness (QED) is 0.478. The first kappa shape index (κ1) is 17.6. The number of nitrogens with zero attached hydrogens (tertiary/aromatic N) is 2. The summed E-state index contributed by atoms with van der Waals surface area (Å²) in [6, 6.07) is 17.2. The summed E-state index contributed by atoms with van der Waals surface area (Å²) in [5, 5.41) is 0.784. The Labute approximate surface area is 171 Å². The van der Waals surface area contributed by atoms with Gasteiger partial charge in [0.2, 0.25) is 5.76 Å². The third-order valence-corrected chi connectivity index (χ3v) is 5.36. The topological polar surface area (TPSA) is 63.4 Å². The summed E-state index contributed by atoms with van der Waals surface area (Å²) in [4.78, 5) is 32.6. The van der Waals surface area contributed by atoms with E-state index in [-0.39, 0.29) is 11.2 Å². The number of fused-ring (bicyclic) bond motifs is 2. The molecule has 142 valence electrons. The highest BCUT2D eigenvalue weighted by molar-refractivity contribution is 6.31. The highest BCUT2D eigenvalue weighted by atomic mass is 35.5. The lowest BCUT2D eigenvalue weighted by Gasteiger charge is -2.24. The lowest BCUT2D eigenvalue weighted by atomic mass is 9.97. The Morgan fingerprint density at radius 3 is 2.55 bits per heavy atom. The molecule has 0 N–H and O–H groups in total. The van der Waals surface area contributed by atoms with Gasteiger partial charge in [0.1, 0.15) is 11.4 Å². The van der Waals surface area contributed by atoms with Crippen molar-refractivity contribution in [3.05, 3.63) is 105 Å². The fourth-order valence-electron chi connectivity index (χ4n) is 3.74. The maximum atomic E-state index is 13.4. The van der Waals surface area contributed by atoms with E-state index in [1.807, 2.05) is 31.2 Å². The first-order valence-corrected chi connectivity index (χ1v) is 9.50. The van der Waals surface area contributed by atoms with Crippen LogP contribution in [0.5, 0.6) is 0 Å². The van der Waals surface area contributed by atoms with Crippen LogP contribution in [0.4, 0.5) is 5.82 Å². The number of carbonyl (C=O) groups is 1. The van der Waals surface area contributed by atoms with Gasteiger partial charge in [-0.15, -0.1) is 0 Å². The number of amides is 1. The molecule has 0 unspecified atom stereocenters. The van der Waals surface area contributed by atoms with Gasteiger partial charge >= 0.3 is 0 Å². The number of hydrogen-bond donors (Lipinski definition) is 0. The van der Waals surface area contributed by atoms with Crippen LogP contribution >= 0.6 is 11.6 Å². The molecule has 2 aromatic heterocycles. The summed E-state index contributed by atoms with van der Waals surface area (Å²) in [5.74, 6) is 0.107. The highest BCUT2D eigenvalue weighted by Crippen LogP contribution is 2.40. The molecule has 0 bridgehead atoms. The number of aryl methyl sites for hydroxylation is 1. The minimum absolute atomic E-state index is 0.0426. The first-order valence-electron chi connectivity index (χ1n) is 9.12. The molecule has 1 amide bonds. The number of aromatic nitrogens is 1. The second-order valence-corrected chi connectivity index (χ2v) is 7.43. The van der Waals surface area contributed by atoms with Crippen molar-refractivity contribution in [2.45, 2.75) is 13.0 Å². The zero-order valence-electron chi connectivity index (χ0n) is 15.4. The molecular weight excluding hydrogens is 388 g/mol. The first-order chi connectivity index (χ1) is 14.0. The lowest BCUT2D eigenvalue weighted by molar-refractivity contribution is 0.0970. The molecule has 29 heavy (non-hydrogen) atoms. The van der Waals surface area contributed by atoms with E-state index in [2.05, 4.69) is 4.98 Å². The third-order valence-electron chi connectivity index (χ3n) is 5.12. The largest absolute Gasteiger partial charge is 0.450 e. The van der Waals surface area contributed by atoms with Crippen LogP contribution in [0, 0.1) is 6.92 Å². The molecule has 1 atom stereocenters. The van der Waals surface area contributed by atoms with Crippen molar-refractivity contribution in [3.8, 4) is 0 Å². The molecule has 0 saturated carbocycles. The van der Waals surface area contributed by atoms with Gasteiger partial charge < -0.3 is 4.42 Å². The summed E-state index contributed by atoms with van der Waals surface area (Å²) in [6.45, 7) is 1.98. The molecule has 0 aliphatic carbocycles. The highest BCUT2D eigenvalue weighted by Gasteiger charge is 2.44. The van der Waals surface area contributed by atoms with Crippen molar-refractivity contribution >= 4 is 34.3 Å². The van der Waals surface area contributed by atoms with E-state index in [0.29, 0.717) is 27.4 Å². The minimum Gasteiger partial charge on any atom is -0.450 e. The number of anilines is 1. The molecule has 4 aromatic rings. The van der Waals surface area contributed by atoms with Crippen LogP contribution in [0.2, 0.25) is 5.02 Å². The average Bonchev–Trinajstić information content (AvgIpc) is 3.03. The summed E-state index contributed by atoms with van der Waals surface area (Å²) in [7, 11) is 0. The Balaban J connectivity index is 1.83. The van der Waals surface area contributed by atoms with E-state index in [4.69, 9.17) is 16.0 Å². The maximum absolute atomic E-state index is 13.4. The average molecular weight is 403 g/mol. The van der Waals surface area contributed by atoms with E-state index >= 15 is 0 Å². The monoisotopic (exact) mass is 402 g/mol. The molecule has 0 fully saturated rings. The van der Waals surface area contributed by atoms with Crippen molar-refractivity contribution in [1.29, 1.82) is 0 Å². The van der Waals surface area contributed by atoms with Crippen LogP contribution in [-0.4, -0.2) is 10.9 Å². The Morgan fingerprint density at radius 1 is 1.03 bits per heavy atom. The van der Waals surface area contributed by atoms with Gasteiger partial charge in [-0.2, -0.15) is 0 Å². The van der Waals surface area contributed by atoms with Crippen LogP contribution in [0.15, 0.2) is 76.1 Å². The van der Waals surface area contributed by atoms with Crippen LogP contribution < -0.4 is 10.3 Å². The molecular formula is C23H15ClN2O3. The van der Waals surface area contributed by atoms with Gasteiger partial charge in [0.15, 0.2) is 5.43 Å². The SMILES string of the molecule is Cc1ccc([C@H]2c3c(oc4ccc(Cl)cc4c3=O)C(=O)N2c2ccccn2)cc1. The fourth-order valence-corrected chi connectivity index (χ4v) is 3.91. The number of pyridine rings is 1. The molecule has 1 aliphatic heterocycles. The zero-order chi connectivity index (χ0) is 20.1. The lowest BCUT2D eigenvalue weighted by Crippen LogP contribution is -2.30. The standard InChI is InChI=1S/C23H15ClN2O3/c1-13-5-7-14(8-6-13)20-19-21(27)16-12-15(24)9-10-17(16)29-22(19)23(28)26(20)18-4-2-3-11-25-18/h2-12,20H,1H3/t20-/m0/s1. The van der Waals surface area contributed by atoms with Crippen molar-refractivity contribution in [2.75, 3.05) is 4.90 Å². The van der Waals surface area contributed by atoms with E-state index < -0.39 is 11.9 Å². The molecule has 2 aromatic carbocycles. The third kappa shape index (κ3) is 2.74. The Hall–Kier alpha value is -3.44. The van der Waals surface area contributed by atoms with Gasteiger partial charge in [-0.3, -0.25) is 14.5 Å². The van der Waals surface area contributed by atoms with E-state index in [9.17, 15) is 9.59 Å². The smallest absolute Gasteiger partial charge is 0.296 e. The second kappa shape index (κ2) is 6.57. The molecule has 5 rings (SSSR count). The summed E-state index contributed by atoms with van der Waals surface area (Å²) < 4.78 is 5.90. The van der Waals surface area contributed by atoms with Gasteiger partial charge in [-0.25, -0.2) is 4.98 Å². The maximum Gasteiger partial charge on any atom is 0.296 e. The summed E-state index contributed by atoms with van der Waals surface area (Å²) >= 11 is 6.10. The Bertz CT molecular complexity index is 1310. The molecule has 0 saturated heterocycles. The Morgan fingerprint density at radius 2 is 1.83 bits per heavy atom. The molecule has 6 heteroatoms. The summed E-state index contributed by atoms with van der Waals surface area (Å²) in [5.41, 5.74) is 2.26. The van der Waals surface area contributed by atoms with Gasteiger partial charge in [-0.1, -0.05) is 47.5 Å². The second-order valence-electron chi connectivity index (χ2n) is 6.99. The van der Waals surface area contributed by atoms with E-state index in [1.165, 1.54) is 4.90 Å². The zero-order valence-corrected chi connectivity index (χ0v) is 16.2. The molecule has 5 nitrogen and oxygen atoms in total. The molecule has 0 radical (unpaired) electrons. The van der Waals surface area contributed by atoms with E-state index in [0.717, 1.165) is 11.1 Å². The van der Waals surface area contributed by atoms with Crippen molar-refractivity contribution in [1.82, 2.24) is 4.98 Å². The Kier molecular flexibility index (Phi) is 4.00. The number of rotatable bonds is 2. The van der Waals surface area contributed by atoms with Gasteiger partial charge in [0.05, 0.1) is 17.0 Å². The molecule has 1 aliphatic rings. The fraction of sp³-hybridized carbons (Fsp3) is 0.0870. The van der Waals surface area contributed by atoms with Gasteiger partial charge in [0, 0.05) is 11.2 Å². The number of carbonyl (C=O) groups excluding carboxylic acids is 1. The number of halogens is 1. The molecule has 3 heterocycles. The number of hydrogen-bond acceptors (Lipinski definition) is 4. The predicted molar refractivity (Wildman–Crippen MR) is 112 cm³/mol. The summed E-state index contributed by atoms with van der Waals surface area (Å²) in [6.07, 6.45) is 1.61. The van der Waals surface area contributed by atoms with E-state index in [1.54, 1.807) is 42.6 Å². The van der Waals surface area contributed by atoms with Crippen molar-refractivity contribution < 1.29 is 9.21 Å². The van der Waals surface area contributed by atoms with Crippen LogP contribution in [-0.2, 0) is 0 Å². The van der Waals surface area contributed by atoms with Crippen LogP contribution in [0.3, 0.4) is 0 Å². The van der Waals surface area contributed by atoms with Crippen LogP contribution in [0.25, 0.3) is 11.0 Å². The number of benzene rings is 2. The van der Waals surface area contributed by atoms with Crippen LogP contribution in [0.1, 0.15) is 33.3 Å². The van der Waals surface area contributed by atoms with Gasteiger partial charge in [0.25, 0.3) is 5.91 Å².